The van der Waals surface area contributed by atoms with Gasteiger partial charge in [-0.15, -0.1) is 0 Å². The Morgan fingerprint density at radius 2 is 1.65 bits per heavy atom. The Morgan fingerprint density at radius 3 is 2.37 bits per heavy atom. The molecule has 0 radical (unpaired) electrons. The first-order chi connectivity index (χ1) is 20.8. The predicted octanol–water partition coefficient (Wildman–Crippen LogP) is 6.53. The molecule has 1 aromatic heterocycles. The Morgan fingerprint density at radius 1 is 0.907 bits per heavy atom. The van der Waals surface area contributed by atoms with Gasteiger partial charge in [0, 0.05) is 34.3 Å². The summed E-state index contributed by atoms with van der Waals surface area (Å²) in [6.45, 7) is 4.02. The van der Waals surface area contributed by atoms with Gasteiger partial charge in [0.15, 0.2) is 0 Å². The standard InChI is InChI=1S/C35H30N4O4/c1-20-8-13-24(18-21(20)2)36-33(40)23-9-14-25(15-10-23)38-34(41)30-19-28-27-6-4-5-7-29(27)37-31(28)32(39(30)35(38)42)22-11-16-26(43-3)17-12-22/h4-18,30,32,37H,19H2,1-3H3,(H,36,40). The number of methoxy groups -OCH3 is 1. The van der Waals surface area contributed by atoms with Crippen LogP contribution in [0.25, 0.3) is 10.9 Å². The zero-order valence-corrected chi connectivity index (χ0v) is 24.0. The van der Waals surface area contributed by atoms with Crippen LogP contribution in [0.4, 0.5) is 16.2 Å². The lowest BCUT2D eigenvalue weighted by Gasteiger charge is -2.36. The highest BCUT2D eigenvalue weighted by atomic mass is 16.5. The highest BCUT2D eigenvalue weighted by Crippen LogP contribution is 2.45. The number of para-hydroxylation sites is 1. The van der Waals surface area contributed by atoms with Gasteiger partial charge in [0.05, 0.1) is 12.8 Å². The van der Waals surface area contributed by atoms with E-state index in [4.69, 9.17) is 4.74 Å². The summed E-state index contributed by atoms with van der Waals surface area (Å²) in [4.78, 5) is 47.5. The van der Waals surface area contributed by atoms with E-state index in [0.29, 0.717) is 29.1 Å². The average Bonchev–Trinajstić information content (AvgIpc) is 3.52. The maximum absolute atomic E-state index is 14.1. The van der Waals surface area contributed by atoms with E-state index in [9.17, 15) is 14.4 Å². The maximum Gasteiger partial charge on any atom is 0.332 e. The molecule has 2 unspecified atom stereocenters. The lowest BCUT2D eigenvalue weighted by Crippen LogP contribution is -2.44. The van der Waals surface area contributed by atoms with Gasteiger partial charge in [0.25, 0.3) is 11.8 Å². The molecule has 2 atom stereocenters. The molecule has 0 aliphatic carbocycles. The number of aromatic nitrogens is 1. The summed E-state index contributed by atoms with van der Waals surface area (Å²) in [5, 5.41) is 3.97. The Bertz CT molecular complexity index is 1910. The van der Waals surface area contributed by atoms with E-state index >= 15 is 0 Å². The zero-order chi connectivity index (χ0) is 29.8. The number of carbonyl (C=O) groups excluding carboxylic acids is 3. The second kappa shape index (κ2) is 10.2. The van der Waals surface area contributed by atoms with Crippen molar-refractivity contribution in [3.05, 3.63) is 125 Å². The van der Waals surface area contributed by atoms with Crippen LogP contribution in [0.5, 0.6) is 5.75 Å². The number of amides is 4. The van der Waals surface area contributed by atoms with Crippen molar-refractivity contribution >= 4 is 40.1 Å². The van der Waals surface area contributed by atoms with Crippen LogP contribution in [-0.2, 0) is 11.2 Å². The molecule has 8 nitrogen and oxygen atoms in total. The lowest BCUT2D eigenvalue weighted by atomic mass is 9.89. The smallest absolute Gasteiger partial charge is 0.332 e. The van der Waals surface area contributed by atoms with Gasteiger partial charge in [-0.1, -0.05) is 36.4 Å². The molecule has 7 rings (SSSR count). The summed E-state index contributed by atoms with van der Waals surface area (Å²) in [5.41, 5.74) is 7.59. The highest BCUT2D eigenvalue weighted by molar-refractivity contribution is 6.22. The first kappa shape index (κ1) is 26.5. The number of aromatic amines is 1. The molecule has 2 aliphatic heterocycles. The van der Waals surface area contributed by atoms with Crippen LogP contribution in [0.3, 0.4) is 0 Å². The van der Waals surface area contributed by atoms with Crippen molar-refractivity contribution in [3.8, 4) is 5.75 Å². The first-order valence-electron chi connectivity index (χ1n) is 14.2. The molecular weight excluding hydrogens is 540 g/mol. The molecule has 43 heavy (non-hydrogen) atoms. The van der Waals surface area contributed by atoms with E-state index in [1.807, 2.05) is 80.6 Å². The quantitative estimate of drug-likeness (QED) is 0.235. The number of nitrogens with zero attached hydrogens (tertiary/aromatic N) is 2. The third-order valence-corrected chi connectivity index (χ3v) is 8.63. The summed E-state index contributed by atoms with van der Waals surface area (Å²) < 4.78 is 5.36. The van der Waals surface area contributed by atoms with Crippen LogP contribution >= 0.6 is 0 Å². The summed E-state index contributed by atoms with van der Waals surface area (Å²) in [7, 11) is 1.61. The van der Waals surface area contributed by atoms with Crippen molar-refractivity contribution in [1.82, 2.24) is 9.88 Å². The molecule has 5 aromatic rings. The number of ether oxygens (including phenoxy) is 1. The third-order valence-electron chi connectivity index (χ3n) is 8.63. The highest BCUT2D eigenvalue weighted by Gasteiger charge is 2.53. The molecule has 214 valence electrons. The minimum Gasteiger partial charge on any atom is -0.497 e. The van der Waals surface area contributed by atoms with Gasteiger partial charge >= 0.3 is 6.03 Å². The molecule has 8 heteroatoms. The number of nitrogens with one attached hydrogen (secondary N) is 2. The molecule has 0 spiro atoms. The first-order valence-corrected chi connectivity index (χ1v) is 14.2. The maximum atomic E-state index is 14.1. The number of fused-ring (bicyclic) bond motifs is 4. The van der Waals surface area contributed by atoms with E-state index in [0.717, 1.165) is 38.9 Å². The predicted molar refractivity (Wildman–Crippen MR) is 166 cm³/mol. The lowest BCUT2D eigenvalue weighted by molar-refractivity contribution is -0.120. The Balaban J connectivity index is 1.22. The molecule has 2 N–H and O–H groups in total. The number of aryl methyl sites for hydroxylation is 2. The molecular formula is C35H30N4O4. The Kier molecular flexibility index (Phi) is 6.27. The van der Waals surface area contributed by atoms with Gasteiger partial charge in [0.2, 0.25) is 0 Å². The fourth-order valence-corrected chi connectivity index (χ4v) is 6.23. The largest absolute Gasteiger partial charge is 0.497 e. The van der Waals surface area contributed by atoms with Crippen molar-refractivity contribution in [2.24, 2.45) is 0 Å². The van der Waals surface area contributed by atoms with E-state index in [1.165, 1.54) is 4.90 Å². The molecule has 1 saturated heterocycles. The SMILES string of the molecule is COc1ccc(C2c3[nH]c4ccccc4c3CC3C(=O)N(c4ccc(C(=O)Nc5ccc(C)c(C)c5)cc4)C(=O)N32)cc1. The minimum atomic E-state index is -0.668. The van der Waals surface area contributed by atoms with Gasteiger partial charge < -0.3 is 15.0 Å². The van der Waals surface area contributed by atoms with Crippen molar-refractivity contribution in [3.63, 3.8) is 0 Å². The number of urea groups is 1. The van der Waals surface area contributed by atoms with Gasteiger partial charge in [-0.05, 0) is 90.7 Å². The molecule has 4 amide bonds. The van der Waals surface area contributed by atoms with Gasteiger partial charge in [0.1, 0.15) is 17.8 Å². The fourth-order valence-electron chi connectivity index (χ4n) is 6.23. The van der Waals surface area contributed by atoms with Crippen molar-refractivity contribution < 1.29 is 19.1 Å². The second-order valence-electron chi connectivity index (χ2n) is 11.1. The molecule has 0 saturated carbocycles. The van der Waals surface area contributed by atoms with Crippen LogP contribution in [0.2, 0.25) is 0 Å². The minimum absolute atomic E-state index is 0.267. The normalized spacial score (nSPS) is 17.7. The Hall–Kier alpha value is -5.37. The molecule has 3 heterocycles. The summed E-state index contributed by atoms with van der Waals surface area (Å²) in [6, 6.07) is 26.4. The summed E-state index contributed by atoms with van der Waals surface area (Å²) in [6.07, 6.45) is 0.406. The van der Waals surface area contributed by atoms with Crippen LogP contribution in [-0.4, -0.2) is 40.9 Å². The number of hydrogen-bond donors (Lipinski definition) is 2. The van der Waals surface area contributed by atoms with Crippen LogP contribution in [0.15, 0.2) is 91.0 Å². The van der Waals surface area contributed by atoms with Crippen LogP contribution in [0, 0.1) is 13.8 Å². The van der Waals surface area contributed by atoms with E-state index < -0.39 is 18.1 Å². The summed E-state index contributed by atoms with van der Waals surface area (Å²) >= 11 is 0. The monoisotopic (exact) mass is 570 g/mol. The van der Waals surface area contributed by atoms with Crippen molar-refractivity contribution in [2.45, 2.75) is 32.4 Å². The van der Waals surface area contributed by atoms with Crippen LogP contribution < -0.4 is 15.0 Å². The van der Waals surface area contributed by atoms with Gasteiger partial charge in [-0.3, -0.25) is 14.5 Å². The van der Waals surface area contributed by atoms with Crippen molar-refractivity contribution in [2.75, 3.05) is 17.3 Å². The Labute approximate surface area is 248 Å². The topological polar surface area (TPSA) is 94.7 Å². The van der Waals surface area contributed by atoms with Crippen molar-refractivity contribution in [1.29, 1.82) is 0 Å². The van der Waals surface area contributed by atoms with Crippen LogP contribution in [0.1, 0.15) is 44.3 Å². The molecule has 0 bridgehead atoms. The molecule has 1 fully saturated rings. The third kappa shape index (κ3) is 4.34. The molecule has 4 aromatic carbocycles. The number of H-pyrrole nitrogens is 1. The zero-order valence-electron chi connectivity index (χ0n) is 24.0. The van der Waals surface area contributed by atoms with Gasteiger partial charge in [-0.2, -0.15) is 0 Å². The number of anilines is 2. The van der Waals surface area contributed by atoms with E-state index in [-0.39, 0.29) is 11.8 Å². The van der Waals surface area contributed by atoms with Gasteiger partial charge in [-0.25, -0.2) is 9.69 Å². The number of imide groups is 1. The van der Waals surface area contributed by atoms with E-state index in [1.54, 1.807) is 36.3 Å². The second-order valence-corrected chi connectivity index (χ2v) is 11.1. The fraction of sp³-hybridized carbons (Fsp3) is 0.171. The molecule has 2 aliphatic rings. The number of carbonyl (C=O) groups is 3. The number of hydrogen-bond acceptors (Lipinski definition) is 4. The number of benzene rings is 4. The average molecular weight is 571 g/mol. The summed E-state index contributed by atoms with van der Waals surface area (Å²) in [5.74, 6) is 0.156. The van der Waals surface area contributed by atoms with E-state index in [2.05, 4.69) is 10.3 Å². The number of rotatable bonds is 5.